The number of allylic oxidation sites excluding steroid dienone is 3. The van der Waals surface area contributed by atoms with Crippen LogP contribution in [0.25, 0.3) is 5.57 Å². The molecule has 0 fully saturated rings. The zero-order valence-corrected chi connectivity index (χ0v) is 10.2. The number of nitrogens with zero attached hydrogens (tertiary/aromatic N) is 1. The predicted molar refractivity (Wildman–Crippen MR) is 65.2 cm³/mol. The fourth-order valence-corrected chi connectivity index (χ4v) is 1.22. The zero-order chi connectivity index (χ0) is 12.8. The first-order valence-electron chi connectivity index (χ1n) is 5.12. The molecule has 0 unspecified atom stereocenters. The van der Waals surface area contributed by atoms with Crippen molar-refractivity contribution in [3.05, 3.63) is 48.2 Å². The summed E-state index contributed by atoms with van der Waals surface area (Å²) in [6.07, 6.45) is 6.50. The van der Waals surface area contributed by atoms with Crippen molar-refractivity contribution in [1.82, 2.24) is 4.98 Å². The van der Waals surface area contributed by atoms with Crippen molar-refractivity contribution in [2.45, 2.75) is 13.8 Å². The smallest absolute Gasteiger partial charge is 0.337 e. The van der Waals surface area contributed by atoms with Crippen molar-refractivity contribution < 1.29 is 13.9 Å². The van der Waals surface area contributed by atoms with E-state index in [1.54, 1.807) is 18.2 Å². The summed E-state index contributed by atoms with van der Waals surface area (Å²) in [6.45, 7) is 7.43. The van der Waals surface area contributed by atoms with Gasteiger partial charge in [-0.2, -0.15) is 0 Å². The molecular formula is C13H15NO3. The second kappa shape index (κ2) is 5.84. The van der Waals surface area contributed by atoms with Crippen LogP contribution in [0.15, 0.2) is 41.1 Å². The Bertz CT molecular complexity index is 481. The van der Waals surface area contributed by atoms with Gasteiger partial charge in [-0.05, 0) is 19.9 Å². The summed E-state index contributed by atoms with van der Waals surface area (Å²) >= 11 is 0. The van der Waals surface area contributed by atoms with Crippen LogP contribution in [0.1, 0.15) is 18.5 Å². The number of esters is 1. The Morgan fingerprint density at radius 1 is 1.59 bits per heavy atom. The molecule has 0 spiro atoms. The van der Waals surface area contributed by atoms with Gasteiger partial charge in [0.1, 0.15) is 6.26 Å². The molecule has 0 aliphatic carbocycles. The van der Waals surface area contributed by atoms with Crippen LogP contribution in [0.4, 0.5) is 0 Å². The highest BCUT2D eigenvalue weighted by molar-refractivity contribution is 5.94. The number of carbonyl (C=O) groups is 1. The van der Waals surface area contributed by atoms with Crippen LogP contribution < -0.4 is 0 Å². The maximum atomic E-state index is 11.4. The molecule has 0 N–H and O–H groups in total. The normalized spacial score (nSPS) is 11.8. The number of hydrogen-bond acceptors (Lipinski definition) is 4. The minimum absolute atomic E-state index is 0.397. The third kappa shape index (κ3) is 3.45. The Morgan fingerprint density at radius 2 is 2.29 bits per heavy atom. The van der Waals surface area contributed by atoms with E-state index in [2.05, 4.69) is 16.3 Å². The van der Waals surface area contributed by atoms with Gasteiger partial charge in [0, 0.05) is 5.57 Å². The molecule has 0 aliphatic heterocycles. The van der Waals surface area contributed by atoms with Crippen LogP contribution in [-0.2, 0) is 9.53 Å². The molecule has 0 atom stereocenters. The van der Waals surface area contributed by atoms with Crippen molar-refractivity contribution in [3.8, 4) is 0 Å². The van der Waals surface area contributed by atoms with Gasteiger partial charge < -0.3 is 9.15 Å². The Hall–Kier alpha value is -2.10. The van der Waals surface area contributed by atoms with Crippen LogP contribution in [-0.4, -0.2) is 18.1 Å². The average molecular weight is 233 g/mol. The number of oxazole rings is 1. The lowest BCUT2D eigenvalue weighted by Gasteiger charge is -2.00. The van der Waals surface area contributed by atoms with Crippen molar-refractivity contribution in [2.75, 3.05) is 7.11 Å². The Labute approximate surface area is 100 Å². The van der Waals surface area contributed by atoms with Crippen molar-refractivity contribution >= 4 is 11.5 Å². The summed E-state index contributed by atoms with van der Waals surface area (Å²) in [5, 5.41) is 0. The fourth-order valence-electron chi connectivity index (χ4n) is 1.22. The van der Waals surface area contributed by atoms with Gasteiger partial charge >= 0.3 is 5.97 Å². The zero-order valence-electron chi connectivity index (χ0n) is 10.2. The molecule has 0 bridgehead atoms. The highest BCUT2D eigenvalue weighted by Gasteiger charge is 2.09. The SMILES string of the molecule is C=C(/C=C(\C=C/C)C(=O)OC)c1nc(C)co1. The van der Waals surface area contributed by atoms with Gasteiger partial charge in [-0.15, -0.1) is 0 Å². The van der Waals surface area contributed by atoms with Crippen LogP contribution in [0, 0.1) is 6.92 Å². The van der Waals surface area contributed by atoms with E-state index < -0.39 is 5.97 Å². The fraction of sp³-hybridized carbons (Fsp3) is 0.231. The van der Waals surface area contributed by atoms with Crippen LogP contribution in [0.2, 0.25) is 0 Å². The van der Waals surface area contributed by atoms with Crippen LogP contribution >= 0.6 is 0 Å². The molecular weight excluding hydrogens is 218 g/mol. The molecule has 0 radical (unpaired) electrons. The first-order chi connectivity index (χ1) is 8.08. The second-order valence-corrected chi connectivity index (χ2v) is 3.41. The number of methoxy groups -OCH3 is 1. The number of aryl methyl sites for hydroxylation is 1. The van der Waals surface area contributed by atoms with Gasteiger partial charge in [-0.3, -0.25) is 0 Å². The number of hydrogen-bond donors (Lipinski definition) is 0. The Morgan fingerprint density at radius 3 is 2.76 bits per heavy atom. The second-order valence-electron chi connectivity index (χ2n) is 3.41. The topological polar surface area (TPSA) is 52.3 Å². The lowest BCUT2D eigenvalue weighted by Crippen LogP contribution is -2.02. The van der Waals surface area contributed by atoms with Gasteiger partial charge in [0.2, 0.25) is 5.89 Å². The van der Waals surface area contributed by atoms with E-state index >= 15 is 0 Å². The summed E-state index contributed by atoms with van der Waals surface area (Å²) < 4.78 is 9.84. The van der Waals surface area contributed by atoms with Gasteiger partial charge in [0.25, 0.3) is 0 Å². The third-order valence-corrected chi connectivity index (χ3v) is 1.99. The van der Waals surface area contributed by atoms with Gasteiger partial charge in [-0.25, -0.2) is 9.78 Å². The summed E-state index contributed by atoms with van der Waals surface area (Å²) in [4.78, 5) is 15.6. The van der Waals surface area contributed by atoms with Crippen LogP contribution in [0.3, 0.4) is 0 Å². The molecule has 1 aromatic rings. The number of carbonyl (C=O) groups excluding carboxylic acids is 1. The number of rotatable bonds is 4. The van der Waals surface area contributed by atoms with E-state index in [1.165, 1.54) is 13.4 Å². The monoisotopic (exact) mass is 233 g/mol. The third-order valence-electron chi connectivity index (χ3n) is 1.99. The summed E-state index contributed by atoms with van der Waals surface area (Å²) in [7, 11) is 1.33. The molecule has 0 aliphatic rings. The summed E-state index contributed by atoms with van der Waals surface area (Å²) in [5.41, 5.74) is 1.69. The van der Waals surface area contributed by atoms with Crippen molar-refractivity contribution in [3.63, 3.8) is 0 Å². The minimum Gasteiger partial charge on any atom is -0.465 e. The van der Waals surface area contributed by atoms with Crippen molar-refractivity contribution in [1.29, 1.82) is 0 Å². The lowest BCUT2D eigenvalue weighted by molar-refractivity contribution is -0.135. The first-order valence-corrected chi connectivity index (χ1v) is 5.12. The molecule has 1 rings (SSSR count). The van der Waals surface area contributed by atoms with Gasteiger partial charge in [-0.1, -0.05) is 18.7 Å². The molecule has 4 nitrogen and oxygen atoms in total. The highest BCUT2D eigenvalue weighted by Crippen LogP contribution is 2.16. The van der Waals surface area contributed by atoms with Gasteiger partial charge in [0.15, 0.2) is 0 Å². The van der Waals surface area contributed by atoms with E-state index in [1.807, 2.05) is 13.8 Å². The molecule has 90 valence electrons. The summed E-state index contributed by atoms with van der Waals surface area (Å²) in [5.74, 6) is -0.0269. The highest BCUT2D eigenvalue weighted by atomic mass is 16.5. The Kier molecular flexibility index (Phi) is 4.46. The van der Waals surface area contributed by atoms with E-state index in [0.29, 0.717) is 17.0 Å². The Balaban J connectivity index is 2.98. The van der Waals surface area contributed by atoms with E-state index in [4.69, 9.17) is 4.42 Å². The predicted octanol–water partition coefficient (Wildman–Crippen LogP) is 2.67. The quantitative estimate of drug-likeness (QED) is 0.456. The molecule has 1 heterocycles. The maximum Gasteiger partial charge on any atom is 0.337 e. The average Bonchev–Trinajstić information content (AvgIpc) is 2.74. The van der Waals surface area contributed by atoms with Crippen LogP contribution in [0.5, 0.6) is 0 Å². The molecule has 0 aromatic carbocycles. The van der Waals surface area contributed by atoms with E-state index in [9.17, 15) is 4.79 Å². The largest absolute Gasteiger partial charge is 0.465 e. The lowest BCUT2D eigenvalue weighted by atomic mass is 10.1. The number of ether oxygens (including phenoxy) is 1. The molecule has 17 heavy (non-hydrogen) atoms. The first kappa shape index (κ1) is 13.0. The minimum atomic E-state index is -0.424. The van der Waals surface area contributed by atoms with E-state index in [0.717, 1.165) is 5.69 Å². The number of aromatic nitrogens is 1. The standard InChI is InChI=1S/C13H15NO3/c1-5-6-11(13(15)16-4)7-9(2)12-14-10(3)8-17-12/h5-8H,2H2,1,3-4H3/b6-5-,11-7+. The summed E-state index contributed by atoms with van der Waals surface area (Å²) in [6, 6.07) is 0. The van der Waals surface area contributed by atoms with E-state index in [-0.39, 0.29) is 0 Å². The molecule has 0 saturated carbocycles. The molecule has 0 amide bonds. The maximum absolute atomic E-state index is 11.4. The van der Waals surface area contributed by atoms with Crippen molar-refractivity contribution in [2.24, 2.45) is 0 Å². The molecule has 1 aromatic heterocycles. The molecule has 4 heteroatoms. The van der Waals surface area contributed by atoms with Gasteiger partial charge in [0.05, 0.1) is 18.4 Å². The molecule has 0 saturated heterocycles.